The van der Waals surface area contributed by atoms with Crippen molar-refractivity contribution in [3.05, 3.63) is 34.9 Å². The number of aliphatic hydroxyl groups is 1. The summed E-state index contributed by atoms with van der Waals surface area (Å²) in [5.74, 6) is 0. The lowest BCUT2D eigenvalue weighted by Gasteiger charge is -2.17. The minimum absolute atomic E-state index is 0.351. The summed E-state index contributed by atoms with van der Waals surface area (Å²) in [6.07, 6.45) is 2.14. The summed E-state index contributed by atoms with van der Waals surface area (Å²) in [6.45, 7) is 0. The Bertz CT molecular complexity index is 409. The third kappa shape index (κ3) is 1.87. The normalized spacial score (nSPS) is 25.1. The Hall–Kier alpha value is -1.37. The monoisotopic (exact) mass is 202 g/mol. The quantitative estimate of drug-likeness (QED) is 0.622. The molecule has 0 saturated heterocycles. The molecule has 0 aliphatic heterocycles. The van der Waals surface area contributed by atoms with E-state index >= 15 is 0 Å². The first-order valence-electron chi connectivity index (χ1n) is 5.19. The highest BCUT2D eigenvalue weighted by atomic mass is 16.3. The van der Waals surface area contributed by atoms with Crippen LogP contribution in [0.25, 0.3) is 0 Å². The molecular formula is C12H14N2O. The molecule has 0 bridgehead atoms. The van der Waals surface area contributed by atoms with Gasteiger partial charge in [-0.1, -0.05) is 6.07 Å². The van der Waals surface area contributed by atoms with Crippen LogP contribution >= 0.6 is 0 Å². The van der Waals surface area contributed by atoms with Crippen molar-refractivity contribution in [2.75, 3.05) is 0 Å². The summed E-state index contributed by atoms with van der Waals surface area (Å²) < 4.78 is 0. The average Bonchev–Trinajstić information content (AvgIpc) is 2.40. The van der Waals surface area contributed by atoms with E-state index in [0.29, 0.717) is 5.56 Å². The maximum atomic E-state index is 9.76. The summed E-state index contributed by atoms with van der Waals surface area (Å²) in [4.78, 5) is 0. The van der Waals surface area contributed by atoms with Gasteiger partial charge in [0.25, 0.3) is 0 Å². The summed E-state index contributed by atoms with van der Waals surface area (Å²) in [5.41, 5.74) is 8.66. The van der Waals surface area contributed by atoms with Gasteiger partial charge in [0.2, 0.25) is 0 Å². The molecule has 1 aliphatic carbocycles. The van der Waals surface area contributed by atoms with E-state index in [4.69, 9.17) is 11.0 Å². The van der Waals surface area contributed by atoms with Crippen LogP contribution in [0.2, 0.25) is 0 Å². The van der Waals surface area contributed by atoms with Crippen molar-refractivity contribution >= 4 is 0 Å². The molecule has 2 rings (SSSR count). The zero-order valence-corrected chi connectivity index (χ0v) is 8.48. The van der Waals surface area contributed by atoms with Crippen LogP contribution in [-0.2, 0) is 6.42 Å². The number of hydrogen-bond donors (Lipinski definition) is 2. The van der Waals surface area contributed by atoms with E-state index in [9.17, 15) is 5.11 Å². The number of fused-ring (bicyclic) bond motifs is 1. The third-order valence-corrected chi connectivity index (χ3v) is 2.99. The number of nitrogens with zero attached hydrogens (tertiary/aromatic N) is 1. The van der Waals surface area contributed by atoms with Crippen LogP contribution in [-0.4, -0.2) is 11.2 Å². The molecule has 15 heavy (non-hydrogen) atoms. The second kappa shape index (κ2) is 4.01. The van der Waals surface area contributed by atoms with E-state index in [1.165, 1.54) is 0 Å². The highest BCUT2D eigenvalue weighted by Gasteiger charge is 2.22. The van der Waals surface area contributed by atoms with Crippen molar-refractivity contribution in [3.8, 4) is 6.07 Å². The number of aliphatic hydroxyl groups excluding tert-OH is 1. The fourth-order valence-corrected chi connectivity index (χ4v) is 2.09. The van der Waals surface area contributed by atoms with Gasteiger partial charge in [0.15, 0.2) is 0 Å². The molecule has 2 atom stereocenters. The van der Waals surface area contributed by atoms with Crippen molar-refractivity contribution < 1.29 is 5.11 Å². The molecule has 0 saturated carbocycles. The first-order valence-corrected chi connectivity index (χ1v) is 5.19. The lowest BCUT2D eigenvalue weighted by molar-refractivity contribution is 0.136. The van der Waals surface area contributed by atoms with Gasteiger partial charge in [0.1, 0.15) is 0 Å². The molecule has 1 aromatic rings. The second-order valence-corrected chi connectivity index (χ2v) is 4.01. The SMILES string of the molecule is N#Cc1ccc2c(c1)[C@@H](N)[C@@H](O)CCC2. The fourth-order valence-electron chi connectivity index (χ4n) is 2.09. The molecule has 0 aromatic heterocycles. The van der Waals surface area contributed by atoms with Crippen molar-refractivity contribution in [3.63, 3.8) is 0 Å². The Morgan fingerprint density at radius 3 is 3.00 bits per heavy atom. The van der Waals surface area contributed by atoms with Crippen LogP contribution in [0.4, 0.5) is 0 Å². The minimum Gasteiger partial charge on any atom is -0.391 e. The van der Waals surface area contributed by atoms with Crippen molar-refractivity contribution in [1.29, 1.82) is 5.26 Å². The lowest BCUT2D eigenvalue weighted by atomic mass is 9.96. The topological polar surface area (TPSA) is 70.0 Å². The Balaban J connectivity index is 2.47. The highest BCUT2D eigenvalue weighted by Crippen LogP contribution is 2.27. The number of hydrogen-bond acceptors (Lipinski definition) is 3. The number of aryl methyl sites for hydroxylation is 1. The van der Waals surface area contributed by atoms with Crippen molar-refractivity contribution in [1.82, 2.24) is 0 Å². The van der Waals surface area contributed by atoms with Gasteiger partial charge in [0.05, 0.1) is 23.8 Å². The van der Waals surface area contributed by atoms with Crippen LogP contribution in [0.5, 0.6) is 0 Å². The van der Waals surface area contributed by atoms with Crippen LogP contribution in [0.3, 0.4) is 0 Å². The molecule has 3 heteroatoms. The Morgan fingerprint density at radius 1 is 1.47 bits per heavy atom. The van der Waals surface area contributed by atoms with E-state index in [-0.39, 0.29) is 6.04 Å². The molecule has 0 fully saturated rings. The smallest absolute Gasteiger partial charge is 0.0991 e. The zero-order chi connectivity index (χ0) is 10.8. The summed E-state index contributed by atoms with van der Waals surface area (Å²) in [5, 5.41) is 18.6. The lowest BCUT2D eigenvalue weighted by Crippen LogP contribution is -2.25. The predicted molar refractivity (Wildman–Crippen MR) is 57.0 cm³/mol. The van der Waals surface area contributed by atoms with Gasteiger partial charge in [-0.25, -0.2) is 0 Å². The molecule has 0 radical (unpaired) electrons. The van der Waals surface area contributed by atoms with E-state index in [1.54, 1.807) is 6.07 Å². The average molecular weight is 202 g/mol. The standard InChI is InChI=1S/C12H14N2O/c13-7-8-4-5-9-2-1-3-11(15)12(14)10(9)6-8/h4-6,11-12,15H,1-3,14H2/t11-,12+/m0/s1. The number of nitrogens with two attached hydrogens (primary N) is 1. The molecule has 78 valence electrons. The highest BCUT2D eigenvalue weighted by molar-refractivity contribution is 5.40. The first kappa shape index (κ1) is 10.2. The van der Waals surface area contributed by atoms with E-state index in [1.807, 2.05) is 12.1 Å². The maximum absolute atomic E-state index is 9.76. The third-order valence-electron chi connectivity index (χ3n) is 2.99. The summed E-state index contributed by atoms with van der Waals surface area (Å²) in [7, 11) is 0. The molecule has 0 spiro atoms. The maximum Gasteiger partial charge on any atom is 0.0991 e. The first-order chi connectivity index (χ1) is 7.22. The van der Waals surface area contributed by atoms with E-state index < -0.39 is 6.10 Å². The number of rotatable bonds is 0. The summed E-state index contributed by atoms with van der Waals surface area (Å²) in [6, 6.07) is 7.30. The molecule has 0 heterocycles. The van der Waals surface area contributed by atoms with Gasteiger partial charge < -0.3 is 10.8 Å². The van der Waals surface area contributed by atoms with Crippen LogP contribution in [0, 0.1) is 11.3 Å². The summed E-state index contributed by atoms with van der Waals surface area (Å²) >= 11 is 0. The van der Waals surface area contributed by atoms with Crippen LogP contribution < -0.4 is 5.73 Å². The zero-order valence-electron chi connectivity index (χ0n) is 8.48. The fraction of sp³-hybridized carbons (Fsp3) is 0.417. The number of nitriles is 1. The minimum atomic E-state index is -0.486. The van der Waals surface area contributed by atoms with Gasteiger partial charge in [-0.05, 0) is 42.5 Å². The second-order valence-electron chi connectivity index (χ2n) is 4.01. The molecule has 0 amide bonds. The predicted octanol–water partition coefficient (Wildman–Crippen LogP) is 1.26. The van der Waals surface area contributed by atoms with Crippen molar-refractivity contribution in [2.24, 2.45) is 5.73 Å². The van der Waals surface area contributed by atoms with Gasteiger partial charge in [-0.3, -0.25) is 0 Å². The van der Waals surface area contributed by atoms with Gasteiger partial charge in [-0.15, -0.1) is 0 Å². The van der Waals surface area contributed by atoms with E-state index in [2.05, 4.69) is 6.07 Å². The molecule has 1 aliphatic rings. The molecular weight excluding hydrogens is 188 g/mol. The Morgan fingerprint density at radius 2 is 2.27 bits per heavy atom. The van der Waals surface area contributed by atoms with Crippen LogP contribution in [0.1, 0.15) is 35.6 Å². The van der Waals surface area contributed by atoms with Gasteiger partial charge in [-0.2, -0.15) is 5.26 Å². The van der Waals surface area contributed by atoms with Crippen molar-refractivity contribution in [2.45, 2.75) is 31.4 Å². The van der Waals surface area contributed by atoms with Gasteiger partial charge in [0, 0.05) is 0 Å². The Labute approximate surface area is 89.1 Å². The van der Waals surface area contributed by atoms with Crippen LogP contribution in [0.15, 0.2) is 18.2 Å². The molecule has 0 unspecified atom stereocenters. The molecule has 1 aromatic carbocycles. The largest absolute Gasteiger partial charge is 0.391 e. The molecule has 3 nitrogen and oxygen atoms in total. The van der Waals surface area contributed by atoms with Gasteiger partial charge >= 0.3 is 0 Å². The number of benzene rings is 1. The Kier molecular flexibility index (Phi) is 2.72. The molecule has 3 N–H and O–H groups in total. The van der Waals surface area contributed by atoms with E-state index in [0.717, 1.165) is 30.4 Å².